The molecule has 1 unspecified atom stereocenters. The maximum absolute atomic E-state index is 11.4. The van der Waals surface area contributed by atoms with Gasteiger partial charge in [-0.15, -0.1) is 0 Å². The molecule has 0 bridgehead atoms. The van der Waals surface area contributed by atoms with Gasteiger partial charge in [0.15, 0.2) is 0 Å². The van der Waals surface area contributed by atoms with Gasteiger partial charge in [-0.1, -0.05) is 30.3 Å². The van der Waals surface area contributed by atoms with Gasteiger partial charge in [0.2, 0.25) is 11.8 Å². The molecule has 0 radical (unpaired) electrons. The number of rotatable bonds is 6. The first-order valence-corrected chi connectivity index (χ1v) is 5.54. The summed E-state index contributed by atoms with van der Waals surface area (Å²) in [5.74, 6) is -1.59. The molecule has 0 aliphatic heterocycles. The molecule has 0 aliphatic rings. The van der Waals surface area contributed by atoms with Gasteiger partial charge < -0.3 is 21.5 Å². The van der Waals surface area contributed by atoms with Crippen LogP contribution in [0.3, 0.4) is 0 Å². The third-order valence-corrected chi connectivity index (χ3v) is 2.25. The smallest absolute Gasteiger partial charge is 0.408 e. The van der Waals surface area contributed by atoms with E-state index in [4.69, 9.17) is 16.2 Å². The predicted molar refractivity (Wildman–Crippen MR) is 66.6 cm³/mol. The van der Waals surface area contributed by atoms with Gasteiger partial charge >= 0.3 is 6.09 Å². The molecule has 102 valence electrons. The Bertz CT molecular complexity index is 461. The van der Waals surface area contributed by atoms with Gasteiger partial charge in [0.05, 0.1) is 6.42 Å². The van der Waals surface area contributed by atoms with Crippen LogP contribution < -0.4 is 16.8 Å². The zero-order chi connectivity index (χ0) is 14.3. The van der Waals surface area contributed by atoms with Crippen molar-refractivity contribution in [1.82, 2.24) is 5.32 Å². The van der Waals surface area contributed by atoms with Crippen molar-refractivity contribution in [1.29, 1.82) is 0 Å². The highest BCUT2D eigenvalue weighted by Crippen LogP contribution is 2.01. The Morgan fingerprint density at radius 3 is 2.32 bits per heavy atom. The van der Waals surface area contributed by atoms with Gasteiger partial charge in [-0.3, -0.25) is 9.59 Å². The number of nitrogens with one attached hydrogen (secondary N) is 1. The molecule has 3 amide bonds. The van der Waals surface area contributed by atoms with Gasteiger partial charge in [0.1, 0.15) is 12.6 Å². The van der Waals surface area contributed by atoms with E-state index in [0.29, 0.717) is 0 Å². The molecule has 0 spiro atoms. The Balaban J connectivity index is 2.45. The number of carbonyl (C=O) groups is 3. The summed E-state index contributed by atoms with van der Waals surface area (Å²) in [4.78, 5) is 33.1. The van der Waals surface area contributed by atoms with E-state index in [1.807, 2.05) is 6.07 Å². The van der Waals surface area contributed by atoms with Crippen LogP contribution >= 0.6 is 0 Å². The summed E-state index contributed by atoms with van der Waals surface area (Å²) in [5.41, 5.74) is 10.8. The number of primary amides is 2. The van der Waals surface area contributed by atoms with Crippen molar-refractivity contribution in [3.05, 3.63) is 35.9 Å². The largest absolute Gasteiger partial charge is 0.445 e. The van der Waals surface area contributed by atoms with Gasteiger partial charge in [-0.2, -0.15) is 0 Å². The average Bonchev–Trinajstić information content (AvgIpc) is 2.36. The molecule has 0 fully saturated rings. The van der Waals surface area contributed by atoms with Crippen LogP contribution in [-0.2, 0) is 20.9 Å². The average molecular weight is 265 g/mol. The second-order valence-corrected chi connectivity index (χ2v) is 3.83. The Morgan fingerprint density at radius 1 is 1.16 bits per heavy atom. The van der Waals surface area contributed by atoms with E-state index < -0.39 is 23.9 Å². The minimum Gasteiger partial charge on any atom is -0.445 e. The summed E-state index contributed by atoms with van der Waals surface area (Å²) in [5, 5.41) is 2.18. The van der Waals surface area contributed by atoms with E-state index >= 15 is 0 Å². The van der Waals surface area contributed by atoms with E-state index in [0.717, 1.165) is 5.56 Å². The maximum atomic E-state index is 11.4. The Kier molecular flexibility index (Phi) is 5.34. The van der Waals surface area contributed by atoms with Crippen LogP contribution in [0.1, 0.15) is 12.0 Å². The van der Waals surface area contributed by atoms with Gasteiger partial charge in [-0.25, -0.2) is 4.79 Å². The van der Waals surface area contributed by atoms with Crippen LogP contribution in [0, 0.1) is 0 Å². The van der Waals surface area contributed by atoms with E-state index in [-0.39, 0.29) is 13.0 Å². The highest BCUT2D eigenvalue weighted by Gasteiger charge is 2.20. The Labute approximate surface area is 109 Å². The first-order valence-electron chi connectivity index (χ1n) is 5.54. The summed E-state index contributed by atoms with van der Waals surface area (Å²) in [6.07, 6.45) is -1.20. The number of nitrogens with two attached hydrogens (primary N) is 2. The fourth-order valence-corrected chi connectivity index (χ4v) is 1.33. The quantitative estimate of drug-likeness (QED) is 0.649. The molecular formula is C12H15N3O4. The predicted octanol–water partition coefficient (Wildman–Crippen LogP) is -0.358. The van der Waals surface area contributed by atoms with Crippen LogP contribution in [-0.4, -0.2) is 23.9 Å². The van der Waals surface area contributed by atoms with Crippen molar-refractivity contribution >= 4 is 17.9 Å². The SMILES string of the molecule is NC(=O)CC(NC(=O)OCc1ccccc1)C(N)=O. The first kappa shape index (κ1) is 14.5. The molecule has 0 saturated heterocycles. The van der Waals surface area contributed by atoms with Crippen molar-refractivity contribution in [2.75, 3.05) is 0 Å². The lowest BCUT2D eigenvalue weighted by Crippen LogP contribution is -2.46. The van der Waals surface area contributed by atoms with E-state index in [1.54, 1.807) is 24.3 Å². The number of hydrogen-bond donors (Lipinski definition) is 3. The molecule has 1 aromatic rings. The molecule has 0 aromatic heterocycles. The van der Waals surface area contributed by atoms with E-state index in [1.165, 1.54) is 0 Å². The Hall–Kier alpha value is -2.57. The van der Waals surface area contributed by atoms with E-state index in [2.05, 4.69) is 5.32 Å². The summed E-state index contributed by atoms with van der Waals surface area (Å²) in [7, 11) is 0. The second-order valence-electron chi connectivity index (χ2n) is 3.83. The van der Waals surface area contributed by atoms with Crippen LogP contribution in [0.2, 0.25) is 0 Å². The molecule has 0 aliphatic carbocycles. The molecular weight excluding hydrogens is 250 g/mol. The molecule has 1 aromatic carbocycles. The highest BCUT2D eigenvalue weighted by atomic mass is 16.5. The lowest BCUT2D eigenvalue weighted by Gasteiger charge is -2.13. The van der Waals surface area contributed by atoms with Crippen molar-refractivity contribution < 1.29 is 19.1 Å². The van der Waals surface area contributed by atoms with Gasteiger partial charge in [0.25, 0.3) is 0 Å². The van der Waals surface area contributed by atoms with Crippen LogP contribution in [0.15, 0.2) is 30.3 Å². The number of carbonyl (C=O) groups excluding carboxylic acids is 3. The van der Waals surface area contributed by atoms with Crippen molar-refractivity contribution in [2.24, 2.45) is 11.5 Å². The number of benzene rings is 1. The van der Waals surface area contributed by atoms with E-state index in [9.17, 15) is 14.4 Å². The fourth-order valence-electron chi connectivity index (χ4n) is 1.33. The van der Waals surface area contributed by atoms with Crippen molar-refractivity contribution in [3.8, 4) is 0 Å². The molecule has 19 heavy (non-hydrogen) atoms. The molecule has 1 atom stereocenters. The highest BCUT2D eigenvalue weighted by molar-refractivity contribution is 5.89. The minimum absolute atomic E-state index is 0.0503. The summed E-state index contributed by atoms with van der Waals surface area (Å²) in [6, 6.07) is 7.83. The molecule has 0 heterocycles. The summed E-state index contributed by atoms with van der Waals surface area (Å²) in [6.45, 7) is 0.0503. The lowest BCUT2D eigenvalue weighted by molar-refractivity contribution is -0.125. The van der Waals surface area contributed by atoms with Crippen LogP contribution in [0.4, 0.5) is 4.79 Å². The standard InChI is InChI=1S/C12H15N3O4/c13-10(16)6-9(11(14)17)15-12(18)19-7-8-4-2-1-3-5-8/h1-5,9H,6-7H2,(H2,13,16)(H2,14,17)(H,15,18). The topological polar surface area (TPSA) is 125 Å². The molecule has 0 saturated carbocycles. The normalized spacial score (nSPS) is 11.4. The monoisotopic (exact) mass is 265 g/mol. The first-order chi connectivity index (χ1) is 8.99. The van der Waals surface area contributed by atoms with Crippen LogP contribution in [0.5, 0.6) is 0 Å². The Morgan fingerprint density at radius 2 is 1.79 bits per heavy atom. The number of amides is 3. The second kappa shape index (κ2) is 7.00. The van der Waals surface area contributed by atoms with Gasteiger partial charge in [0, 0.05) is 0 Å². The third kappa shape index (κ3) is 5.53. The summed E-state index contributed by atoms with van der Waals surface area (Å²) < 4.78 is 4.88. The third-order valence-electron chi connectivity index (χ3n) is 2.25. The molecule has 1 rings (SSSR count). The fraction of sp³-hybridized carbons (Fsp3) is 0.250. The van der Waals surface area contributed by atoms with Crippen molar-refractivity contribution in [3.63, 3.8) is 0 Å². The maximum Gasteiger partial charge on any atom is 0.408 e. The minimum atomic E-state index is -1.17. The molecule has 7 heteroatoms. The van der Waals surface area contributed by atoms with Gasteiger partial charge in [-0.05, 0) is 5.56 Å². The van der Waals surface area contributed by atoms with Crippen molar-refractivity contribution in [2.45, 2.75) is 19.1 Å². The molecule has 5 N–H and O–H groups in total. The number of ether oxygens (including phenoxy) is 1. The zero-order valence-electron chi connectivity index (χ0n) is 10.2. The number of alkyl carbamates (subject to hydrolysis) is 1. The van der Waals surface area contributed by atoms with Crippen LogP contribution in [0.25, 0.3) is 0 Å². The molecule has 7 nitrogen and oxygen atoms in total. The number of hydrogen-bond acceptors (Lipinski definition) is 4. The lowest BCUT2D eigenvalue weighted by atomic mass is 10.2. The zero-order valence-corrected chi connectivity index (χ0v) is 10.2. The summed E-state index contributed by atoms with van der Waals surface area (Å²) >= 11 is 0.